The van der Waals surface area contributed by atoms with Crippen molar-refractivity contribution in [1.29, 1.82) is 0 Å². The number of ether oxygens (including phenoxy) is 2. The molecule has 48 heavy (non-hydrogen) atoms. The molecule has 1 atom stereocenters. The van der Waals surface area contributed by atoms with E-state index in [0.29, 0.717) is 34.6 Å². The minimum atomic E-state index is -4.41. The maximum atomic E-state index is 14.3. The van der Waals surface area contributed by atoms with Crippen molar-refractivity contribution in [2.45, 2.75) is 70.3 Å². The highest BCUT2D eigenvalue weighted by molar-refractivity contribution is 7.94. The van der Waals surface area contributed by atoms with E-state index in [9.17, 15) is 22.8 Å². The molecule has 2 heterocycles. The number of nitrogen functional groups attached to an aromatic ring is 1. The average Bonchev–Trinajstić information content (AvgIpc) is 3.56. The van der Waals surface area contributed by atoms with Crippen molar-refractivity contribution in [2.24, 2.45) is 0 Å². The fraction of sp³-hybridized carbons (Fsp3) is 0.417. The Morgan fingerprint density at radius 2 is 1.54 bits per heavy atom. The number of nitrogens with two attached hydrogens (primary N) is 1. The Hall–Kier alpha value is -4.58. The minimum absolute atomic E-state index is 0.0389. The number of anilines is 2. The zero-order chi connectivity index (χ0) is 34.6. The van der Waals surface area contributed by atoms with Crippen LogP contribution in [0.25, 0.3) is 0 Å². The highest BCUT2D eigenvalue weighted by Gasteiger charge is 2.44. The number of hydrogen-bond acceptors (Lipinski definition) is 8. The lowest BCUT2D eigenvalue weighted by Crippen LogP contribution is -2.47. The fourth-order valence-electron chi connectivity index (χ4n) is 6.07. The van der Waals surface area contributed by atoms with E-state index in [2.05, 4.69) is 0 Å². The molecule has 0 aromatic heterocycles. The van der Waals surface area contributed by atoms with E-state index in [1.54, 1.807) is 44.7 Å². The van der Waals surface area contributed by atoms with Crippen molar-refractivity contribution >= 4 is 39.5 Å². The summed E-state index contributed by atoms with van der Waals surface area (Å²) in [4.78, 5) is 43.3. The second-order valence-corrected chi connectivity index (χ2v) is 15.5. The number of aryl methyl sites for hydroxylation is 1. The quantitative estimate of drug-likeness (QED) is 0.297. The molecule has 256 valence electrons. The molecule has 2 saturated heterocycles. The lowest BCUT2D eigenvalue weighted by molar-refractivity contribution is 0.0606. The van der Waals surface area contributed by atoms with Gasteiger partial charge in [-0.2, -0.15) is 4.31 Å². The Morgan fingerprint density at radius 1 is 0.896 bits per heavy atom. The molecule has 3 amide bonds. The van der Waals surface area contributed by atoms with Gasteiger partial charge in [0, 0.05) is 37.4 Å². The normalized spacial score (nSPS) is 17.2. The fourth-order valence-corrected chi connectivity index (χ4v) is 7.85. The van der Waals surface area contributed by atoms with Crippen LogP contribution in [0.2, 0.25) is 0 Å². The maximum Gasteiger partial charge on any atom is 0.428 e. The molecule has 12 heteroatoms. The molecular formula is C36H44N4O7S. The van der Waals surface area contributed by atoms with Gasteiger partial charge in [-0.05, 0) is 93.8 Å². The third-order valence-electron chi connectivity index (χ3n) is 8.71. The van der Waals surface area contributed by atoms with E-state index in [-0.39, 0.29) is 43.3 Å². The molecule has 5 rings (SSSR count). The van der Waals surface area contributed by atoms with Crippen molar-refractivity contribution in [3.05, 3.63) is 95.1 Å². The predicted octanol–water partition coefficient (Wildman–Crippen LogP) is 6.08. The first-order valence-electron chi connectivity index (χ1n) is 16.2. The van der Waals surface area contributed by atoms with Gasteiger partial charge in [0.1, 0.15) is 17.5 Å². The van der Waals surface area contributed by atoms with Gasteiger partial charge >= 0.3 is 12.2 Å². The molecule has 0 radical (unpaired) electrons. The standard InChI is InChI=1S/C36H44N4O7S/c1-25-10-11-29(33(41)38-19-16-28(17-20-38)27-12-14-30(37)15-13-27)22-32(25)40(35(43)47-36(2,3)4)48(44,45)31-18-21-39(23-31)34(42)46-24-26-8-6-5-7-9-26/h5-15,22,28,31H,16-21,23-24,37H2,1-4H3. The van der Waals surface area contributed by atoms with E-state index < -0.39 is 33.1 Å². The molecular weight excluding hydrogens is 632 g/mol. The van der Waals surface area contributed by atoms with Crippen molar-refractivity contribution in [3.8, 4) is 0 Å². The minimum Gasteiger partial charge on any atom is -0.445 e. The number of nitrogens with zero attached hydrogens (tertiary/aromatic N) is 3. The summed E-state index contributed by atoms with van der Waals surface area (Å²) in [5.74, 6) is 0.0550. The summed E-state index contributed by atoms with van der Waals surface area (Å²) in [7, 11) is -4.41. The van der Waals surface area contributed by atoms with E-state index >= 15 is 0 Å². The Kier molecular flexibility index (Phi) is 10.3. The van der Waals surface area contributed by atoms with Crippen LogP contribution in [0.1, 0.15) is 73.0 Å². The summed E-state index contributed by atoms with van der Waals surface area (Å²) in [6, 6.07) is 21.7. The van der Waals surface area contributed by atoms with Crippen LogP contribution in [0, 0.1) is 6.92 Å². The van der Waals surface area contributed by atoms with E-state index in [1.807, 2.05) is 54.6 Å². The predicted molar refractivity (Wildman–Crippen MR) is 184 cm³/mol. The number of likely N-dealkylation sites (tertiary alicyclic amines) is 2. The largest absolute Gasteiger partial charge is 0.445 e. The lowest BCUT2D eigenvalue weighted by atomic mass is 9.89. The molecule has 2 N–H and O–H groups in total. The maximum absolute atomic E-state index is 14.3. The summed E-state index contributed by atoms with van der Waals surface area (Å²) in [5, 5.41) is -1.10. The molecule has 11 nitrogen and oxygen atoms in total. The Morgan fingerprint density at radius 3 is 2.19 bits per heavy atom. The van der Waals surface area contributed by atoms with Gasteiger partial charge in [-0.25, -0.2) is 18.0 Å². The van der Waals surface area contributed by atoms with Crippen LogP contribution >= 0.6 is 0 Å². The van der Waals surface area contributed by atoms with Crippen molar-refractivity contribution in [3.63, 3.8) is 0 Å². The Bertz CT molecular complexity index is 1730. The van der Waals surface area contributed by atoms with Gasteiger partial charge in [-0.3, -0.25) is 4.79 Å². The molecule has 2 aliphatic rings. The highest BCUT2D eigenvalue weighted by atomic mass is 32.2. The van der Waals surface area contributed by atoms with Gasteiger partial charge in [-0.1, -0.05) is 48.5 Å². The van der Waals surface area contributed by atoms with Crippen LogP contribution < -0.4 is 10.0 Å². The van der Waals surface area contributed by atoms with E-state index in [0.717, 1.165) is 18.4 Å². The molecule has 2 aliphatic heterocycles. The third-order valence-corrected chi connectivity index (χ3v) is 10.8. The third kappa shape index (κ3) is 8.10. The summed E-state index contributed by atoms with van der Waals surface area (Å²) in [5.41, 5.74) is 8.32. The molecule has 0 aliphatic carbocycles. The topological polar surface area (TPSA) is 140 Å². The molecule has 1 unspecified atom stereocenters. The molecule has 2 fully saturated rings. The Labute approximate surface area is 282 Å². The zero-order valence-corrected chi connectivity index (χ0v) is 28.7. The monoisotopic (exact) mass is 676 g/mol. The van der Waals surface area contributed by atoms with Gasteiger partial charge < -0.3 is 25.0 Å². The van der Waals surface area contributed by atoms with Crippen molar-refractivity contribution < 1.29 is 32.3 Å². The summed E-state index contributed by atoms with van der Waals surface area (Å²) >= 11 is 0. The second-order valence-electron chi connectivity index (χ2n) is 13.4. The Balaban J connectivity index is 1.35. The number of rotatable bonds is 7. The number of carbonyl (C=O) groups is 3. The van der Waals surface area contributed by atoms with E-state index in [4.69, 9.17) is 15.2 Å². The molecule has 3 aromatic rings. The van der Waals surface area contributed by atoms with Gasteiger partial charge in [0.15, 0.2) is 0 Å². The number of piperidine rings is 1. The number of benzene rings is 3. The van der Waals surface area contributed by atoms with Crippen LogP contribution in [0.5, 0.6) is 0 Å². The SMILES string of the molecule is Cc1ccc(C(=O)N2CCC(c3ccc(N)cc3)CC2)cc1N(C(=O)OC(C)(C)C)S(=O)(=O)C1CCN(C(=O)OCc2ccccc2)C1. The van der Waals surface area contributed by atoms with Crippen LogP contribution in [-0.4, -0.2) is 73.3 Å². The summed E-state index contributed by atoms with van der Waals surface area (Å²) < 4.78 is 40.2. The highest BCUT2D eigenvalue weighted by Crippen LogP contribution is 2.33. The summed E-state index contributed by atoms with van der Waals surface area (Å²) in [6.45, 7) is 7.73. The first-order valence-corrected chi connectivity index (χ1v) is 17.7. The average molecular weight is 677 g/mol. The van der Waals surface area contributed by atoms with Crippen LogP contribution in [0.3, 0.4) is 0 Å². The lowest BCUT2D eigenvalue weighted by Gasteiger charge is -2.33. The molecule has 0 bridgehead atoms. The molecule has 0 spiro atoms. The smallest absolute Gasteiger partial charge is 0.428 e. The van der Waals surface area contributed by atoms with Crippen molar-refractivity contribution in [2.75, 3.05) is 36.2 Å². The first kappa shape index (κ1) is 34.7. The summed E-state index contributed by atoms with van der Waals surface area (Å²) in [6.07, 6.45) is -0.0610. The number of amides is 3. The van der Waals surface area contributed by atoms with Crippen molar-refractivity contribution in [1.82, 2.24) is 9.80 Å². The molecule has 3 aromatic carbocycles. The molecule has 0 saturated carbocycles. The number of hydrogen-bond donors (Lipinski definition) is 1. The van der Waals surface area contributed by atoms with Crippen LogP contribution in [0.4, 0.5) is 21.0 Å². The number of sulfonamides is 1. The van der Waals surface area contributed by atoms with Crippen LogP contribution in [0.15, 0.2) is 72.8 Å². The van der Waals surface area contributed by atoms with Gasteiger partial charge in [0.25, 0.3) is 5.91 Å². The van der Waals surface area contributed by atoms with Crippen LogP contribution in [-0.2, 0) is 26.1 Å². The second kappa shape index (κ2) is 14.3. The number of carbonyl (C=O) groups excluding carboxylic acids is 3. The van der Waals surface area contributed by atoms with E-state index in [1.165, 1.54) is 16.5 Å². The van der Waals surface area contributed by atoms with Gasteiger partial charge in [0.2, 0.25) is 10.0 Å². The van der Waals surface area contributed by atoms with Gasteiger partial charge in [-0.15, -0.1) is 0 Å². The zero-order valence-electron chi connectivity index (χ0n) is 27.9. The first-order chi connectivity index (χ1) is 22.7. The van der Waals surface area contributed by atoms with Gasteiger partial charge in [0.05, 0.1) is 5.69 Å².